The van der Waals surface area contributed by atoms with Crippen molar-refractivity contribution < 1.29 is 14.3 Å². The van der Waals surface area contributed by atoms with Gasteiger partial charge in [0.15, 0.2) is 15.8 Å². The minimum atomic E-state index is -0.0758. The molecule has 9 heteroatoms. The summed E-state index contributed by atoms with van der Waals surface area (Å²) in [6.45, 7) is 4.75. The summed E-state index contributed by atoms with van der Waals surface area (Å²) in [6.07, 6.45) is 1.97. The molecule has 1 aromatic heterocycles. The van der Waals surface area contributed by atoms with Crippen LogP contribution in [0.2, 0.25) is 0 Å². The average Bonchev–Trinajstić information content (AvgIpc) is 3.08. The smallest absolute Gasteiger partial charge is 0.238 e. The van der Waals surface area contributed by atoms with Crippen LogP contribution in [-0.4, -0.2) is 53.6 Å². The summed E-state index contributed by atoms with van der Waals surface area (Å²) in [5.74, 6) is 1.29. The molecule has 1 N–H and O–H groups in total. The van der Waals surface area contributed by atoms with Gasteiger partial charge in [-0.25, -0.2) is 0 Å². The highest BCUT2D eigenvalue weighted by Crippen LogP contribution is 2.32. The number of nitrogens with one attached hydrogen (secondary N) is 1. The van der Waals surface area contributed by atoms with Gasteiger partial charge in [-0.3, -0.25) is 9.69 Å². The topological polar surface area (TPSA) is 76.6 Å². The maximum absolute atomic E-state index is 12.3. The lowest BCUT2D eigenvalue weighted by molar-refractivity contribution is -0.117. The molecule has 0 bridgehead atoms. The van der Waals surface area contributed by atoms with Gasteiger partial charge in [-0.05, 0) is 24.9 Å². The monoisotopic (exact) mass is 380 g/mol. The van der Waals surface area contributed by atoms with E-state index in [-0.39, 0.29) is 5.91 Å². The molecule has 134 valence electrons. The second-order valence-electron chi connectivity index (χ2n) is 5.38. The lowest BCUT2D eigenvalue weighted by Crippen LogP contribution is -2.32. The molecule has 1 aromatic carbocycles. The summed E-state index contributed by atoms with van der Waals surface area (Å²) < 4.78 is 12.0. The Hall–Kier alpha value is -1.84. The quantitative estimate of drug-likeness (QED) is 0.740. The number of nitrogens with zero attached hydrogens (tertiary/aromatic N) is 3. The van der Waals surface area contributed by atoms with Crippen LogP contribution in [0.5, 0.6) is 11.5 Å². The number of aromatic nitrogens is 2. The van der Waals surface area contributed by atoms with E-state index in [1.54, 1.807) is 29.2 Å². The number of rotatable bonds is 7. The van der Waals surface area contributed by atoms with E-state index in [1.165, 1.54) is 0 Å². The molecule has 0 fully saturated rings. The summed E-state index contributed by atoms with van der Waals surface area (Å²) in [6, 6.07) is 5.42. The molecule has 0 spiro atoms. The fourth-order valence-electron chi connectivity index (χ4n) is 2.38. The van der Waals surface area contributed by atoms with Crippen LogP contribution in [0.15, 0.2) is 22.5 Å². The zero-order chi connectivity index (χ0) is 17.6. The number of thioether (sulfide) groups is 1. The fraction of sp³-hybridized carbons (Fsp3) is 0.438. The Bertz CT molecular complexity index is 738. The van der Waals surface area contributed by atoms with Crippen LogP contribution < -0.4 is 14.8 Å². The van der Waals surface area contributed by atoms with E-state index < -0.39 is 0 Å². The average molecular weight is 380 g/mol. The predicted molar refractivity (Wildman–Crippen MR) is 98.7 cm³/mol. The van der Waals surface area contributed by atoms with Crippen molar-refractivity contribution in [3.63, 3.8) is 0 Å². The van der Waals surface area contributed by atoms with Gasteiger partial charge in [-0.15, -0.1) is 10.2 Å². The van der Waals surface area contributed by atoms with Crippen molar-refractivity contribution in [2.75, 3.05) is 37.9 Å². The largest absolute Gasteiger partial charge is 0.486 e. The Balaban J connectivity index is 1.56. The van der Waals surface area contributed by atoms with Gasteiger partial charge >= 0.3 is 0 Å². The van der Waals surface area contributed by atoms with Crippen LogP contribution in [0.25, 0.3) is 0 Å². The molecule has 0 saturated heterocycles. The standard InChI is InChI=1S/C16H20N4O3S2/c1-3-20(10-15-18-19-16(24-2)25-15)9-14(21)17-11-4-5-12-13(8-11)23-7-6-22-12/h4-5,8H,3,6-7,9-10H2,1-2H3,(H,17,21). The van der Waals surface area contributed by atoms with Gasteiger partial charge in [0.25, 0.3) is 0 Å². The molecule has 1 aliphatic rings. The normalized spacial score (nSPS) is 13.1. The first-order valence-corrected chi connectivity index (χ1v) is 10.00. The van der Waals surface area contributed by atoms with Crippen LogP contribution in [0.4, 0.5) is 5.69 Å². The van der Waals surface area contributed by atoms with Gasteiger partial charge in [0, 0.05) is 11.8 Å². The molecule has 0 aliphatic carbocycles. The molecule has 7 nitrogen and oxygen atoms in total. The highest BCUT2D eigenvalue weighted by Gasteiger charge is 2.15. The number of benzene rings is 1. The summed E-state index contributed by atoms with van der Waals surface area (Å²) in [7, 11) is 0. The summed E-state index contributed by atoms with van der Waals surface area (Å²) >= 11 is 3.14. The maximum Gasteiger partial charge on any atom is 0.238 e. The highest BCUT2D eigenvalue weighted by molar-refractivity contribution is 8.00. The van der Waals surface area contributed by atoms with Crippen molar-refractivity contribution in [3.8, 4) is 11.5 Å². The van der Waals surface area contributed by atoms with Crippen molar-refractivity contribution in [2.45, 2.75) is 17.8 Å². The third-order valence-corrected chi connectivity index (χ3v) is 5.51. The van der Waals surface area contributed by atoms with Crippen molar-refractivity contribution in [1.29, 1.82) is 0 Å². The molecule has 3 rings (SSSR count). The molecular formula is C16H20N4O3S2. The summed E-state index contributed by atoms with van der Waals surface area (Å²) in [4.78, 5) is 14.4. The zero-order valence-electron chi connectivity index (χ0n) is 14.2. The first-order valence-electron chi connectivity index (χ1n) is 7.96. The molecule has 0 unspecified atom stereocenters. The maximum atomic E-state index is 12.3. The fourth-order valence-corrected chi connectivity index (χ4v) is 3.74. The van der Waals surface area contributed by atoms with Crippen molar-refractivity contribution in [1.82, 2.24) is 15.1 Å². The molecule has 2 heterocycles. The molecule has 2 aromatic rings. The number of ether oxygens (including phenoxy) is 2. The first-order chi connectivity index (χ1) is 12.2. The molecule has 1 amide bonds. The third-order valence-electron chi connectivity index (χ3n) is 3.62. The van der Waals surface area contributed by atoms with Crippen LogP contribution in [-0.2, 0) is 11.3 Å². The van der Waals surface area contributed by atoms with Gasteiger partial charge in [-0.1, -0.05) is 30.0 Å². The summed E-state index contributed by atoms with van der Waals surface area (Å²) in [5.41, 5.74) is 0.700. The number of hydrogen-bond acceptors (Lipinski definition) is 8. The zero-order valence-corrected chi connectivity index (χ0v) is 15.8. The van der Waals surface area contributed by atoms with E-state index in [0.717, 1.165) is 15.9 Å². The van der Waals surface area contributed by atoms with Crippen molar-refractivity contribution >= 4 is 34.7 Å². The molecule has 0 atom stereocenters. The van der Waals surface area contributed by atoms with Crippen LogP contribution in [0.3, 0.4) is 0 Å². The van der Waals surface area contributed by atoms with E-state index >= 15 is 0 Å². The van der Waals surface area contributed by atoms with E-state index in [2.05, 4.69) is 15.5 Å². The van der Waals surface area contributed by atoms with Gasteiger partial charge in [0.1, 0.15) is 18.2 Å². The van der Waals surface area contributed by atoms with Gasteiger partial charge < -0.3 is 14.8 Å². The van der Waals surface area contributed by atoms with E-state index in [0.29, 0.717) is 43.5 Å². The first kappa shape index (κ1) is 18.0. The Morgan fingerprint density at radius 3 is 2.84 bits per heavy atom. The molecular weight excluding hydrogens is 360 g/mol. The van der Waals surface area contributed by atoms with Crippen molar-refractivity contribution in [2.24, 2.45) is 0 Å². The Kier molecular flexibility index (Phi) is 6.11. The van der Waals surface area contributed by atoms with E-state index in [4.69, 9.17) is 9.47 Å². The lowest BCUT2D eigenvalue weighted by Gasteiger charge is -2.20. The minimum Gasteiger partial charge on any atom is -0.486 e. The van der Waals surface area contributed by atoms with Gasteiger partial charge in [0.2, 0.25) is 5.91 Å². The van der Waals surface area contributed by atoms with Gasteiger partial charge in [-0.2, -0.15) is 0 Å². The van der Waals surface area contributed by atoms with E-state index in [1.807, 2.05) is 30.2 Å². The minimum absolute atomic E-state index is 0.0758. The van der Waals surface area contributed by atoms with E-state index in [9.17, 15) is 4.79 Å². The van der Waals surface area contributed by atoms with Crippen molar-refractivity contribution in [3.05, 3.63) is 23.2 Å². The number of amides is 1. The lowest BCUT2D eigenvalue weighted by atomic mass is 10.2. The second kappa shape index (κ2) is 8.50. The summed E-state index contributed by atoms with van der Waals surface area (Å²) in [5, 5.41) is 12.1. The van der Waals surface area contributed by atoms with Gasteiger partial charge in [0.05, 0.1) is 13.1 Å². The SMILES string of the molecule is CCN(CC(=O)Nc1ccc2c(c1)OCCO2)Cc1nnc(SC)s1. The number of hydrogen-bond donors (Lipinski definition) is 1. The number of carbonyl (C=O) groups excluding carboxylic acids is 1. The number of likely N-dealkylation sites (N-methyl/N-ethyl adjacent to an activating group) is 1. The highest BCUT2D eigenvalue weighted by atomic mass is 32.2. The predicted octanol–water partition coefficient (Wildman–Crippen LogP) is 2.49. The Morgan fingerprint density at radius 1 is 1.32 bits per heavy atom. The third kappa shape index (κ3) is 4.83. The molecule has 1 aliphatic heterocycles. The molecule has 25 heavy (non-hydrogen) atoms. The van der Waals surface area contributed by atoms with Crippen LogP contribution in [0.1, 0.15) is 11.9 Å². The number of carbonyl (C=O) groups is 1. The Labute approximate surface area is 154 Å². The number of fused-ring (bicyclic) bond motifs is 1. The number of anilines is 1. The molecule has 0 saturated carbocycles. The second-order valence-corrected chi connectivity index (χ2v) is 7.49. The Morgan fingerprint density at radius 2 is 2.12 bits per heavy atom. The van der Waals surface area contributed by atoms with Crippen LogP contribution in [0, 0.1) is 0 Å². The van der Waals surface area contributed by atoms with Crippen LogP contribution >= 0.6 is 23.1 Å². The molecule has 0 radical (unpaired) electrons.